The van der Waals surface area contributed by atoms with Gasteiger partial charge in [0.25, 0.3) is 0 Å². The molecule has 0 spiro atoms. The van der Waals surface area contributed by atoms with E-state index >= 15 is 0 Å². The Labute approximate surface area is 77.0 Å². The van der Waals surface area contributed by atoms with E-state index in [1.54, 1.807) is 6.08 Å². The number of carboxylic acids is 1. The Hall–Kier alpha value is -0.440. The molecule has 1 rings (SSSR count). The van der Waals surface area contributed by atoms with Gasteiger partial charge in [-0.3, -0.25) is 0 Å². The van der Waals surface area contributed by atoms with Gasteiger partial charge in [-0.25, -0.2) is 4.79 Å². The number of rotatable bonds is 4. The van der Waals surface area contributed by atoms with Gasteiger partial charge < -0.3 is 5.11 Å². The molecule has 1 aliphatic rings. The molecule has 0 aromatic carbocycles. The summed E-state index contributed by atoms with van der Waals surface area (Å²) >= 11 is 1.88. The van der Waals surface area contributed by atoms with Gasteiger partial charge in [-0.2, -0.15) is 11.8 Å². The molecule has 1 fully saturated rings. The Morgan fingerprint density at radius 2 is 2.17 bits per heavy atom. The maximum Gasteiger partial charge on any atom is 0.328 e. The van der Waals surface area contributed by atoms with E-state index in [1.807, 2.05) is 11.8 Å². The molecule has 68 valence electrons. The zero-order chi connectivity index (χ0) is 8.81. The molecule has 12 heavy (non-hydrogen) atoms. The van der Waals surface area contributed by atoms with Gasteiger partial charge in [0.1, 0.15) is 0 Å². The van der Waals surface area contributed by atoms with Crippen molar-refractivity contribution in [3.8, 4) is 0 Å². The lowest BCUT2D eigenvalue weighted by Crippen LogP contribution is -1.94. The molecule has 0 saturated heterocycles. The first kappa shape index (κ1) is 9.65. The Morgan fingerprint density at radius 1 is 1.50 bits per heavy atom. The van der Waals surface area contributed by atoms with E-state index < -0.39 is 5.97 Å². The van der Waals surface area contributed by atoms with E-state index in [4.69, 9.17) is 5.11 Å². The number of hydrogen-bond acceptors (Lipinski definition) is 2. The fourth-order valence-electron chi connectivity index (χ4n) is 1.40. The summed E-state index contributed by atoms with van der Waals surface area (Å²) in [5.74, 6) is -0.00114. The van der Waals surface area contributed by atoms with Crippen molar-refractivity contribution in [1.82, 2.24) is 0 Å². The molecule has 0 aromatic rings. The van der Waals surface area contributed by atoms with Crippen LogP contribution in [0.15, 0.2) is 12.2 Å². The molecule has 2 nitrogen and oxygen atoms in total. The molecule has 0 aliphatic heterocycles. The van der Waals surface area contributed by atoms with Crippen LogP contribution in [0.25, 0.3) is 0 Å². The van der Waals surface area contributed by atoms with Crippen molar-refractivity contribution < 1.29 is 9.90 Å². The second-order valence-electron chi connectivity index (χ2n) is 2.98. The van der Waals surface area contributed by atoms with Crippen LogP contribution in [0, 0.1) is 0 Å². The van der Waals surface area contributed by atoms with Crippen LogP contribution in [0.4, 0.5) is 0 Å². The molecule has 0 unspecified atom stereocenters. The molecule has 0 aromatic heterocycles. The third-order valence-corrected chi connectivity index (χ3v) is 3.32. The molecule has 0 bridgehead atoms. The third-order valence-electron chi connectivity index (χ3n) is 1.99. The average Bonchev–Trinajstić information content (AvgIpc) is 2.49. The fraction of sp³-hybridized carbons (Fsp3) is 0.667. The van der Waals surface area contributed by atoms with Crippen LogP contribution in [0.2, 0.25) is 0 Å². The highest BCUT2D eigenvalue weighted by Gasteiger charge is 2.13. The van der Waals surface area contributed by atoms with E-state index in [0.717, 1.165) is 11.0 Å². The first-order valence-electron chi connectivity index (χ1n) is 4.30. The lowest BCUT2D eigenvalue weighted by molar-refractivity contribution is -0.131. The third kappa shape index (κ3) is 3.81. The highest BCUT2D eigenvalue weighted by Crippen LogP contribution is 2.29. The van der Waals surface area contributed by atoms with Crippen molar-refractivity contribution in [3.63, 3.8) is 0 Å². The van der Waals surface area contributed by atoms with Gasteiger partial charge in [0.2, 0.25) is 0 Å². The molecular formula is C9H14O2S. The minimum Gasteiger partial charge on any atom is -0.478 e. The molecule has 1 saturated carbocycles. The van der Waals surface area contributed by atoms with Crippen LogP contribution in [0.5, 0.6) is 0 Å². The van der Waals surface area contributed by atoms with Crippen molar-refractivity contribution in [2.75, 3.05) is 5.75 Å². The van der Waals surface area contributed by atoms with Crippen molar-refractivity contribution >= 4 is 17.7 Å². The normalized spacial score (nSPS) is 19.0. The van der Waals surface area contributed by atoms with Gasteiger partial charge in [-0.05, 0) is 12.8 Å². The summed E-state index contributed by atoms with van der Waals surface area (Å²) in [4.78, 5) is 10.1. The quantitative estimate of drug-likeness (QED) is 0.684. The van der Waals surface area contributed by atoms with Crippen molar-refractivity contribution in [2.45, 2.75) is 30.9 Å². The van der Waals surface area contributed by atoms with Gasteiger partial charge in [0, 0.05) is 17.1 Å². The van der Waals surface area contributed by atoms with Crippen molar-refractivity contribution in [2.24, 2.45) is 0 Å². The second kappa shape index (κ2) is 5.25. The summed E-state index contributed by atoms with van der Waals surface area (Å²) in [5, 5.41) is 9.09. The maximum atomic E-state index is 10.1. The largest absolute Gasteiger partial charge is 0.478 e. The summed E-state index contributed by atoms with van der Waals surface area (Å²) in [6.45, 7) is 0. The first-order valence-corrected chi connectivity index (χ1v) is 5.35. The van der Waals surface area contributed by atoms with Gasteiger partial charge >= 0.3 is 5.97 Å². The van der Waals surface area contributed by atoms with Crippen LogP contribution in [-0.4, -0.2) is 22.1 Å². The number of carbonyl (C=O) groups is 1. The van der Waals surface area contributed by atoms with E-state index in [9.17, 15) is 4.79 Å². The first-order chi connectivity index (χ1) is 5.79. The summed E-state index contributed by atoms with van der Waals surface area (Å²) in [6.07, 6.45) is 8.27. The van der Waals surface area contributed by atoms with E-state index in [1.165, 1.54) is 31.8 Å². The number of aliphatic carboxylic acids is 1. The molecular weight excluding hydrogens is 172 g/mol. The Bertz CT molecular complexity index is 171. The summed E-state index contributed by atoms with van der Waals surface area (Å²) < 4.78 is 0. The molecule has 0 heterocycles. The van der Waals surface area contributed by atoms with Crippen LogP contribution in [-0.2, 0) is 4.79 Å². The van der Waals surface area contributed by atoms with Crippen LogP contribution >= 0.6 is 11.8 Å². The zero-order valence-electron chi connectivity index (χ0n) is 7.03. The van der Waals surface area contributed by atoms with Gasteiger partial charge in [0.05, 0.1) is 0 Å². The van der Waals surface area contributed by atoms with E-state index in [2.05, 4.69) is 0 Å². The molecule has 1 aliphatic carbocycles. The number of carboxylic acid groups (broad SMARTS) is 1. The summed E-state index contributed by atoms with van der Waals surface area (Å²) in [6, 6.07) is 0. The molecule has 1 N–H and O–H groups in total. The predicted octanol–water partition coefficient (Wildman–Crippen LogP) is 2.30. The minimum absolute atomic E-state index is 0.781. The predicted molar refractivity (Wildman–Crippen MR) is 51.5 cm³/mol. The topological polar surface area (TPSA) is 37.3 Å². The fourth-order valence-corrected chi connectivity index (χ4v) is 2.54. The SMILES string of the molecule is O=C(O)C=CCSC1CCCC1. The van der Waals surface area contributed by atoms with Gasteiger partial charge in [0.15, 0.2) is 0 Å². The molecule has 0 radical (unpaired) electrons. The molecule has 0 amide bonds. The molecule has 3 heteroatoms. The van der Waals surface area contributed by atoms with Gasteiger partial charge in [-0.15, -0.1) is 0 Å². The number of hydrogen-bond donors (Lipinski definition) is 1. The van der Waals surface area contributed by atoms with Crippen LogP contribution < -0.4 is 0 Å². The standard InChI is InChI=1S/C9H14O2S/c10-9(11)6-3-7-12-8-4-1-2-5-8/h3,6,8H,1-2,4-5,7H2,(H,10,11). The Kier molecular flexibility index (Phi) is 4.22. The van der Waals surface area contributed by atoms with Crippen LogP contribution in [0.3, 0.4) is 0 Å². The van der Waals surface area contributed by atoms with E-state index in [-0.39, 0.29) is 0 Å². The lowest BCUT2D eigenvalue weighted by atomic mass is 10.4. The van der Waals surface area contributed by atoms with E-state index in [0.29, 0.717) is 0 Å². The highest BCUT2D eigenvalue weighted by atomic mass is 32.2. The summed E-state index contributed by atoms with van der Waals surface area (Å²) in [7, 11) is 0. The Balaban J connectivity index is 2.05. The molecule has 0 atom stereocenters. The van der Waals surface area contributed by atoms with Crippen LogP contribution in [0.1, 0.15) is 25.7 Å². The Morgan fingerprint density at radius 3 is 2.75 bits per heavy atom. The summed E-state index contributed by atoms with van der Waals surface area (Å²) in [5.41, 5.74) is 0. The minimum atomic E-state index is -0.845. The smallest absolute Gasteiger partial charge is 0.328 e. The van der Waals surface area contributed by atoms with Gasteiger partial charge in [-0.1, -0.05) is 18.9 Å². The lowest BCUT2D eigenvalue weighted by Gasteiger charge is -2.04. The average molecular weight is 186 g/mol. The number of thioether (sulfide) groups is 1. The van der Waals surface area contributed by atoms with Crippen molar-refractivity contribution in [1.29, 1.82) is 0 Å². The highest BCUT2D eigenvalue weighted by molar-refractivity contribution is 8.00. The second-order valence-corrected chi connectivity index (χ2v) is 4.31. The van der Waals surface area contributed by atoms with Crippen molar-refractivity contribution in [3.05, 3.63) is 12.2 Å². The monoisotopic (exact) mass is 186 g/mol. The maximum absolute atomic E-state index is 10.1. The zero-order valence-corrected chi connectivity index (χ0v) is 7.85.